The third kappa shape index (κ3) is 10.6. The molecular weight excluding hydrogens is 589 g/mol. The fourth-order valence-corrected chi connectivity index (χ4v) is 6.64. The number of carbonyl (C=O) groups is 2. The van der Waals surface area contributed by atoms with Gasteiger partial charge in [0.05, 0.1) is 13.2 Å². The summed E-state index contributed by atoms with van der Waals surface area (Å²) in [6.45, 7) is 12.1. The molecule has 1 fully saturated rings. The van der Waals surface area contributed by atoms with Crippen LogP contribution in [-0.4, -0.2) is 50.7 Å². The number of hydrogen-bond donors (Lipinski definition) is 0. The van der Waals surface area contributed by atoms with Crippen LogP contribution in [0.2, 0.25) is 0 Å². The summed E-state index contributed by atoms with van der Waals surface area (Å²) >= 11 is 0. The van der Waals surface area contributed by atoms with Crippen molar-refractivity contribution in [2.45, 2.75) is 77.6 Å². The van der Waals surface area contributed by atoms with Gasteiger partial charge < -0.3 is 14.4 Å². The standard InChI is InChI=1S/C41H52FNO4/c1-7-8-9-10-33-15-16-38(24-39(33)42)37-20-19-35-22-34(17-18-36(35)23-37)32-13-11-30(12-14-32)21-31(26-46-40(44)28(2)3)27-47-41(45)29(4)25-43(5)6/h15-20,22-24,30-32H,2,4,7-14,21,25-27H2,1,3,5-6H3. The number of unbranched alkanes of at least 4 members (excludes halogenated alkanes) is 2. The lowest BCUT2D eigenvalue weighted by Gasteiger charge is -2.31. The number of hydrogen-bond acceptors (Lipinski definition) is 5. The van der Waals surface area contributed by atoms with Crippen molar-refractivity contribution in [2.75, 3.05) is 33.9 Å². The van der Waals surface area contributed by atoms with Crippen molar-refractivity contribution in [3.63, 3.8) is 0 Å². The summed E-state index contributed by atoms with van der Waals surface area (Å²) in [4.78, 5) is 26.5. The monoisotopic (exact) mass is 641 g/mol. The lowest BCUT2D eigenvalue weighted by atomic mass is 9.75. The van der Waals surface area contributed by atoms with Gasteiger partial charge in [0, 0.05) is 23.6 Å². The molecule has 0 N–H and O–H groups in total. The lowest BCUT2D eigenvalue weighted by Crippen LogP contribution is -2.27. The van der Waals surface area contributed by atoms with Crippen molar-refractivity contribution < 1.29 is 23.5 Å². The maximum absolute atomic E-state index is 14.8. The molecule has 3 aromatic carbocycles. The highest BCUT2D eigenvalue weighted by atomic mass is 19.1. The summed E-state index contributed by atoms with van der Waals surface area (Å²) in [5, 5.41) is 2.35. The van der Waals surface area contributed by atoms with Crippen LogP contribution in [-0.2, 0) is 25.5 Å². The van der Waals surface area contributed by atoms with Crippen molar-refractivity contribution in [1.29, 1.82) is 0 Å². The highest BCUT2D eigenvalue weighted by Gasteiger charge is 2.27. The molecule has 1 atom stereocenters. The van der Waals surface area contributed by atoms with Gasteiger partial charge in [-0.3, -0.25) is 0 Å². The number of likely N-dealkylation sites (N-methyl/N-ethyl adjacent to an activating group) is 1. The van der Waals surface area contributed by atoms with E-state index in [4.69, 9.17) is 9.47 Å². The number of ether oxygens (including phenoxy) is 2. The van der Waals surface area contributed by atoms with E-state index in [1.165, 1.54) is 10.9 Å². The molecule has 1 aliphatic carbocycles. The van der Waals surface area contributed by atoms with E-state index in [-0.39, 0.29) is 24.9 Å². The molecule has 0 amide bonds. The molecule has 0 saturated heterocycles. The quantitative estimate of drug-likeness (QED) is 0.0886. The Hall–Kier alpha value is -3.77. The van der Waals surface area contributed by atoms with E-state index in [0.29, 0.717) is 29.5 Å². The Labute approximate surface area is 280 Å². The molecule has 0 heterocycles. The first kappa shape index (κ1) is 36.1. The van der Waals surface area contributed by atoms with Crippen LogP contribution in [0.4, 0.5) is 4.39 Å². The summed E-state index contributed by atoms with van der Waals surface area (Å²) in [6.07, 6.45) is 9.17. The zero-order chi connectivity index (χ0) is 33.9. The Balaban J connectivity index is 1.35. The first-order valence-electron chi connectivity index (χ1n) is 17.2. The molecule has 5 nitrogen and oxygen atoms in total. The van der Waals surface area contributed by atoms with Gasteiger partial charge in [0.15, 0.2) is 0 Å². The van der Waals surface area contributed by atoms with Gasteiger partial charge in [0.1, 0.15) is 5.82 Å². The molecule has 252 valence electrons. The van der Waals surface area contributed by atoms with Crippen molar-refractivity contribution in [3.05, 3.63) is 95.8 Å². The van der Waals surface area contributed by atoms with Crippen molar-refractivity contribution in [1.82, 2.24) is 4.90 Å². The van der Waals surface area contributed by atoms with Crippen LogP contribution in [0.25, 0.3) is 21.9 Å². The van der Waals surface area contributed by atoms with E-state index < -0.39 is 11.9 Å². The summed E-state index contributed by atoms with van der Waals surface area (Å²) in [6, 6.07) is 18.8. The second-order valence-electron chi connectivity index (χ2n) is 13.7. The van der Waals surface area contributed by atoms with Crippen molar-refractivity contribution in [2.24, 2.45) is 11.8 Å². The Kier molecular flexibility index (Phi) is 13.4. The largest absolute Gasteiger partial charge is 0.462 e. The molecule has 0 radical (unpaired) electrons. The predicted molar refractivity (Wildman–Crippen MR) is 190 cm³/mol. The molecule has 4 rings (SSSR count). The Morgan fingerprint density at radius 2 is 1.51 bits per heavy atom. The van der Waals surface area contributed by atoms with Crippen LogP contribution in [0.1, 0.15) is 82.3 Å². The van der Waals surface area contributed by atoms with Gasteiger partial charge in [-0.15, -0.1) is 0 Å². The third-order valence-corrected chi connectivity index (χ3v) is 9.33. The number of rotatable bonds is 16. The number of benzene rings is 3. The van der Waals surface area contributed by atoms with E-state index in [1.807, 2.05) is 31.1 Å². The van der Waals surface area contributed by atoms with Gasteiger partial charge in [0.25, 0.3) is 0 Å². The molecule has 6 heteroatoms. The molecule has 0 aromatic heterocycles. The first-order chi connectivity index (χ1) is 22.5. The zero-order valence-corrected chi connectivity index (χ0v) is 28.8. The fourth-order valence-electron chi connectivity index (χ4n) is 6.64. The predicted octanol–water partition coefficient (Wildman–Crippen LogP) is 9.44. The number of carbonyl (C=O) groups excluding carboxylic acids is 2. The van der Waals surface area contributed by atoms with Gasteiger partial charge >= 0.3 is 11.9 Å². The summed E-state index contributed by atoms with van der Waals surface area (Å²) in [7, 11) is 3.75. The highest BCUT2D eigenvalue weighted by Crippen LogP contribution is 2.39. The van der Waals surface area contributed by atoms with E-state index in [0.717, 1.165) is 79.9 Å². The second kappa shape index (κ2) is 17.4. The van der Waals surface area contributed by atoms with Gasteiger partial charge in [-0.2, -0.15) is 0 Å². The number of fused-ring (bicyclic) bond motifs is 1. The minimum absolute atomic E-state index is 0.0865. The van der Waals surface area contributed by atoms with E-state index in [2.05, 4.69) is 56.5 Å². The Morgan fingerprint density at radius 1 is 0.872 bits per heavy atom. The third-order valence-electron chi connectivity index (χ3n) is 9.33. The highest BCUT2D eigenvalue weighted by molar-refractivity contribution is 5.89. The van der Waals surface area contributed by atoms with E-state index >= 15 is 0 Å². The topological polar surface area (TPSA) is 55.8 Å². The summed E-state index contributed by atoms with van der Waals surface area (Å²) in [5.41, 5.74) is 4.85. The van der Waals surface area contributed by atoms with E-state index in [1.54, 1.807) is 13.0 Å². The molecule has 0 spiro atoms. The van der Waals surface area contributed by atoms with Crippen molar-refractivity contribution >= 4 is 22.7 Å². The van der Waals surface area contributed by atoms with Gasteiger partial charge in [-0.05, 0) is 123 Å². The molecule has 1 saturated carbocycles. The molecule has 0 bridgehead atoms. The minimum Gasteiger partial charge on any atom is -0.462 e. The number of nitrogens with zero attached hydrogens (tertiary/aromatic N) is 1. The maximum atomic E-state index is 14.8. The summed E-state index contributed by atoms with van der Waals surface area (Å²) in [5.74, 6) is -0.0907. The summed E-state index contributed by atoms with van der Waals surface area (Å²) < 4.78 is 25.9. The molecular formula is C41H52FNO4. The van der Waals surface area contributed by atoms with Crippen LogP contribution >= 0.6 is 0 Å². The Morgan fingerprint density at radius 3 is 2.17 bits per heavy atom. The maximum Gasteiger partial charge on any atom is 0.334 e. The normalized spacial score (nSPS) is 17.0. The van der Waals surface area contributed by atoms with Crippen molar-refractivity contribution in [3.8, 4) is 11.1 Å². The second-order valence-corrected chi connectivity index (χ2v) is 13.7. The average molecular weight is 642 g/mol. The number of esters is 2. The van der Waals surface area contributed by atoms with Crippen LogP contribution in [0.15, 0.2) is 78.9 Å². The van der Waals surface area contributed by atoms with Crippen LogP contribution < -0.4 is 0 Å². The molecule has 1 unspecified atom stereocenters. The first-order valence-corrected chi connectivity index (χ1v) is 17.2. The molecule has 47 heavy (non-hydrogen) atoms. The molecule has 3 aromatic rings. The van der Waals surface area contributed by atoms with Gasteiger partial charge in [0.2, 0.25) is 0 Å². The zero-order valence-electron chi connectivity index (χ0n) is 28.8. The fraction of sp³-hybridized carbons (Fsp3) is 0.463. The van der Waals surface area contributed by atoms with Crippen LogP contribution in [0.3, 0.4) is 0 Å². The molecule has 0 aliphatic heterocycles. The lowest BCUT2D eigenvalue weighted by molar-refractivity contribution is -0.144. The number of aryl methyl sites for hydroxylation is 1. The smallest absolute Gasteiger partial charge is 0.334 e. The van der Waals surface area contributed by atoms with E-state index in [9.17, 15) is 14.0 Å². The number of halogens is 1. The van der Waals surface area contributed by atoms with Crippen LogP contribution in [0, 0.1) is 17.7 Å². The molecule has 1 aliphatic rings. The van der Waals surface area contributed by atoms with Gasteiger partial charge in [-0.1, -0.05) is 75.4 Å². The van der Waals surface area contributed by atoms with Crippen LogP contribution in [0.5, 0.6) is 0 Å². The Bertz CT molecular complexity index is 1550. The average Bonchev–Trinajstić information content (AvgIpc) is 3.05. The SMILES string of the molecule is C=C(C)C(=O)OCC(COC(=O)C(=C)CN(C)C)CC1CCC(c2ccc3cc(-c4ccc(CCCCC)c(F)c4)ccc3c2)CC1. The minimum atomic E-state index is -0.423. The van der Waals surface area contributed by atoms with Gasteiger partial charge in [-0.25, -0.2) is 14.0 Å².